The van der Waals surface area contributed by atoms with Crippen LogP contribution in [0.5, 0.6) is 0 Å². The van der Waals surface area contributed by atoms with Gasteiger partial charge < -0.3 is 10.2 Å². The largest absolute Gasteiger partial charge is 0.366 e. The molecular weight excluding hydrogens is 174 g/mol. The van der Waals surface area contributed by atoms with E-state index in [0.29, 0.717) is 6.04 Å². The predicted octanol–water partition coefficient (Wildman–Crippen LogP) is 1.78. The van der Waals surface area contributed by atoms with Gasteiger partial charge in [-0.25, -0.2) is 4.98 Å². The van der Waals surface area contributed by atoms with Crippen LogP contribution in [0.1, 0.15) is 18.5 Å². The molecule has 74 valence electrons. The molecule has 3 nitrogen and oxygen atoms in total. The zero-order chi connectivity index (χ0) is 9.54. The molecule has 1 aromatic rings. The second kappa shape index (κ2) is 2.87. The number of rotatable bonds is 0. The van der Waals surface area contributed by atoms with E-state index in [1.165, 1.54) is 25.1 Å². The molecule has 0 spiro atoms. The van der Waals surface area contributed by atoms with Gasteiger partial charge in [-0.15, -0.1) is 0 Å². The van der Waals surface area contributed by atoms with E-state index >= 15 is 0 Å². The zero-order valence-corrected chi connectivity index (χ0v) is 8.45. The van der Waals surface area contributed by atoms with Gasteiger partial charge in [0.15, 0.2) is 0 Å². The highest BCUT2D eigenvalue weighted by atomic mass is 15.2. The summed E-state index contributed by atoms with van der Waals surface area (Å²) in [5, 5.41) is 3.52. The van der Waals surface area contributed by atoms with Gasteiger partial charge in [0, 0.05) is 24.8 Å². The maximum absolute atomic E-state index is 4.54. The van der Waals surface area contributed by atoms with Crippen molar-refractivity contribution in [3.8, 4) is 0 Å². The average molecular weight is 189 g/mol. The van der Waals surface area contributed by atoms with E-state index < -0.39 is 0 Å². The van der Waals surface area contributed by atoms with Crippen molar-refractivity contribution >= 4 is 11.5 Å². The van der Waals surface area contributed by atoms with Crippen molar-refractivity contribution in [1.82, 2.24) is 4.98 Å². The predicted molar refractivity (Wildman–Crippen MR) is 57.8 cm³/mol. The molecule has 0 aliphatic carbocycles. The Balaban J connectivity index is 2.06. The molecule has 0 saturated carbocycles. The Hall–Kier alpha value is -1.25. The smallest absolute Gasteiger partial charge is 0.150 e. The maximum atomic E-state index is 4.54. The van der Waals surface area contributed by atoms with Gasteiger partial charge >= 0.3 is 0 Å². The van der Waals surface area contributed by atoms with Gasteiger partial charge in [-0.2, -0.15) is 0 Å². The van der Waals surface area contributed by atoms with Crippen molar-refractivity contribution in [3.05, 3.63) is 17.8 Å². The highest BCUT2D eigenvalue weighted by Crippen LogP contribution is 2.32. The number of piperidine rings is 1. The summed E-state index contributed by atoms with van der Waals surface area (Å²) in [5.74, 6) is 1.08. The number of pyridine rings is 1. The highest BCUT2D eigenvalue weighted by Gasteiger charge is 2.27. The zero-order valence-electron chi connectivity index (χ0n) is 8.45. The molecule has 3 heteroatoms. The summed E-state index contributed by atoms with van der Waals surface area (Å²) >= 11 is 0. The van der Waals surface area contributed by atoms with Crippen LogP contribution in [-0.2, 0) is 0 Å². The first-order valence-electron chi connectivity index (χ1n) is 5.32. The third kappa shape index (κ3) is 1.15. The number of aryl methyl sites for hydroxylation is 1. The molecule has 0 radical (unpaired) electrons. The highest BCUT2D eigenvalue weighted by molar-refractivity contribution is 5.69. The summed E-state index contributed by atoms with van der Waals surface area (Å²) in [6.45, 7) is 4.38. The molecule has 1 saturated heterocycles. The van der Waals surface area contributed by atoms with Crippen molar-refractivity contribution < 1.29 is 0 Å². The normalized spacial score (nSPS) is 24.1. The van der Waals surface area contributed by atoms with Crippen LogP contribution < -0.4 is 10.2 Å². The summed E-state index contributed by atoms with van der Waals surface area (Å²) < 4.78 is 0. The lowest BCUT2D eigenvalue weighted by molar-refractivity contribution is 0.515. The van der Waals surface area contributed by atoms with Crippen LogP contribution in [0.4, 0.5) is 11.5 Å². The third-order valence-electron chi connectivity index (χ3n) is 3.12. The monoisotopic (exact) mass is 189 g/mol. The van der Waals surface area contributed by atoms with Crippen molar-refractivity contribution in [2.75, 3.05) is 23.3 Å². The van der Waals surface area contributed by atoms with Gasteiger partial charge in [0.05, 0.1) is 5.69 Å². The molecule has 2 bridgehead atoms. The fraction of sp³-hybridized carbons (Fsp3) is 0.545. The molecular formula is C11H15N3. The molecule has 3 rings (SSSR count). The van der Waals surface area contributed by atoms with Crippen LogP contribution in [0.15, 0.2) is 12.1 Å². The second-order valence-corrected chi connectivity index (χ2v) is 4.25. The van der Waals surface area contributed by atoms with Crippen LogP contribution in [0.25, 0.3) is 0 Å². The lowest BCUT2D eigenvalue weighted by Crippen LogP contribution is -2.46. The molecule has 1 unspecified atom stereocenters. The second-order valence-electron chi connectivity index (χ2n) is 4.25. The van der Waals surface area contributed by atoms with Gasteiger partial charge in [0.25, 0.3) is 0 Å². The molecule has 1 N–H and O–H groups in total. The van der Waals surface area contributed by atoms with Crippen LogP contribution in [0.3, 0.4) is 0 Å². The van der Waals surface area contributed by atoms with Crippen molar-refractivity contribution in [1.29, 1.82) is 0 Å². The number of hydrogen-bond acceptors (Lipinski definition) is 3. The molecule has 0 amide bonds. The van der Waals surface area contributed by atoms with Crippen LogP contribution in [0.2, 0.25) is 0 Å². The average Bonchev–Trinajstić information content (AvgIpc) is 2.17. The third-order valence-corrected chi connectivity index (χ3v) is 3.12. The minimum absolute atomic E-state index is 0.616. The number of nitrogens with zero attached hydrogens (tertiary/aromatic N) is 2. The minimum atomic E-state index is 0.616. The first-order valence-corrected chi connectivity index (χ1v) is 5.32. The van der Waals surface area contributed by atoms with E-state index in [2.05, 4.69) is 27.3 Å². The van der Waals surface area contributed by atoms with Gasteiger partial charge in [0.1, 0.15) is 5.82 Å². The molecule has 2 aliphatic rings. The standard InChI is InChI=1S/C11H15N3/c1-8-4-5-10-11(12-8)13-9-3-2-6-14(10)7-9/h4-5,9H,2-3,6-7H2,1H3,(H,12,13). The summed E-state index contributed by atoms with van der Waals surface area (Å²) in [6.07, 6.45) is 2.58. The first kappa shape index (κ1) is 8.09. The molecule has 3 heterocycles. The molecule has 2 aliphatic heterocycles. The van der Waals surface area contributed by atoms with Crippen molar-refractivity contribution in [3.63, 3.8) is 0 Å². The summed E-state index contributed by atoms with van der Waals surface area (Å²) in [7, 11) is 0. The molecule has 1 aromatic heterocycles. The first-order chi connectivity index (χ1) is 6.83. The lowest BCUT2D eigenvalue weighted by atomic mass is 10.0. The molecule has 1 atom stereocenters. The van der Waals surface area contributed by atoms with E-state index in [0.717, 1.165) is 18.1 Å². The molecule has 1 fully saturated rings. The van der Waals surface area contributed by atoms with Gasteiger partial charge in [0.2, 0.25) is 0 Å². The van der Waals surface area contributed by atoms with E-state index in [-0.39, 0.29) is 0 Å². The Labute approximate surface area is 84.1 Å². The van der Waals surface area contributed by atoms with Crippen molar-refractivity contribution in [2.24, 2.45) is 0 Å². The van der Waals surface area contributed by atoms with Crippen LogP contribution >= 0.6 is 0 Å². The fourth-order valence-corrected chi connectivity index (χ4v) is 2.42. The lowest BCUT2D eigenvalue weighted by Gasteiger charge is -2.40. The topological polar surface area (TPSA) is 28.2 Å². The molecule has 0 aromatic carbocycles. The van der Waals surface area contributed by atoms with Crippen LogP contribution in [0, 0.1) is 6.92 Å². The van der Waals surface area contributed by atoms with Crippen molar-refractivity contribution in [2.45, 2.75) is 25.8 Å². The number of hydrogen-bond donors (Lipinski definition) is 1. The Kier molecular flexibility index (Phi) is 1.66. The van der Waals surface area contributed by atoms with E-state index in [1.807, 2.05) is 6.92 Å². The van der Waals surface area contributed by atoms with E-state index in [1.54, 1.807) is 0 Å². The van der Waals surface area contributed by atoms with E-state index in [9.17, 15) is 0 Å². The summed E-state index contributed by atoms with van der Waals surface area (Å²) in [4.78, 5) is 6.99. The summed E-state index contributed by atoms with van der Waals surface area (Å²) in [6, 6.07) is 4.90. The van der Waals surface area contributed by atoms with E-state index in [4.69, 9.17) is 0 Å². The van der Waals surface area contributed by atoms with Gasteiger partial charge in [-0.1, -0.05) is 0 Å². The Morgan fingerprint density at radius 3 is 3.36 bits per heavy atom. The van der Waals surface area contributed by atoms with Gasteiger partial charge in [-0.3, -0.25) is 0 Å². The number of nitrogens with one attached hydrogen (secondary N) is 1. The number of anilines is 2. The van der Waals surface area contributed by atoms with Crippen LogP contribution in [-0.4, -0.2) is 24.1 Å². The number of aromatic nitrogens is 1. The SMILES string of the molecule is Cc1ccc2c(n1)NC1CCCN2C1. The quantitative estimate of drug-likeness (QED) is 0.674. The fourth-order valence-electron chi connectivity index (χ4n) is 2.42. The number of fused-ring (bicyclic) bond motifs is 4. The Morgan fingerprint density at radius 2 is 2.43 bits per heavy atom. The maximum Gasteiger partial charge on any atom is 0.150 e. The summed E-state index contributed by atoms with van der Waals surface area (Å²) in [5.41, 5.74) is 2.38. The Bertz CT molecular complexity index is 362. The van der Waals surface area contributed by atoms with Gasteiger partial charge in [-0.05, 0) is 31.9 Å². The minimum Gasteiger partial charge on any atom is -0.366 e. The Morgan fingerprint density at radius 1 is 1.50 bits per heavy atom. The molecule has 14 heavy (non-hydrogen) atoms.